The second-order valence-electron chi connectivity index (χ2n) is 4.47. The highest BCUT2D eigenvalue weighted by Crippen LogP contribution is 2.21. The quantitative estimate of drug-likeness (QED) is 0.709. The molecule has 1 aromatic heterocycles. The SMILES string of the molecule is CC(=O)NC(C(=O)NNC(=O)c1ccc(Br)s1)C(C)C. The molecular weight excluding hydrogens is 346 g/mol. The van der Waals surface area contributed by atoms with Crippen LogP contribution in [-0.2, 0) is 9.59 Å². The summed E-state index contributed by atoms with van der Waals surface area (Å²) in [5, 5.41) is 2.54. The molecule has 1 aromatic rings. The van der Waals surface area contributed by atoms with Gasteiger partial charge in [-0.05, 0) is 34.0 Å². The van der Waals surface area contributed by atoms with Crippen LogP contribution in [0.15, 0.2) is 15.9 Å². The van der Waals surface area contributed by atoms with Crippen molar-refractivity contribution in [2.24, 2.45) is 5.92 Å². The summed E-state index contributed by atoms with van der Waals surface area (Å²) in [6, 6.07) is 2.70. The fraction of sp³-hybridized carbons (Fsp3) is 0.417. The lowest BCUT2D eigenvalue weighted by molar-refractivity contribution is -0.129. The van der Waals surface area contributed by atoms with Gasteiger partial charge in [0.15, 0.2) is 0 Å². The van der Waals surface area contributed by atoms with Crippen molar-refractivity contribution < 1.29 is 14.4 Å². The summed E-state index contributed by atoms with van der Waals surface area (Å²) in [5.74, 6) is -1.25. The Kier molecular flexibility index (Phi) is 6.15. The Morgan fingerprint density at radius 3 is 2.30 bits per heavy atom. The maximum atomic E-state index is 11.9. The van der Waals surface area contributed by atoms with Gasteiger partial charge in [0.1, 0.15) is 6.04 Å². The van der Waals surface area contributed by atoms with Crippen LogP contribution >= 0.6 is 27.3 Å². The second-order valence-corrected chi connectivity index (χ2v) is 6.93. The van der Waals surface area contributed by atoms with Crippen LogP contribution in [0.4, 0.5) is 0 Å². The molecule has 8 heteroatoms. The molecule has 20 heavy (non-hydrogen) atoms. The summed E-state index contributed by atoms with van der Waals surface area (Å²) in [6.07, 6.45) is 0. The molecule has 110 valence electrons. The molecular formula is C12H16BrN3O3S. The molecule has 0 saturated carbocycles. The van der Waals surface area contributed by atoms with Crippen molar-refractivity contribution in [2.75, 3.05) is 0 Å². The summed E-state index contributed by atoms with van der Waals surface area (Å²) in [5.41, 5.74) is 4.64. The van der Waals surface area contributed by atoms with Gasteiger partial charge in [-0.3, -0.25) is 25.2 Å². The minimum absolute atomic E-state index is 0.0910. The number of hydrogen-bond donors (Lipinski definition) is 3. The zero-order valence-electron chi connectivity index (χ0n) is 11.3. The Labute approximate surface area is 129 Å². The fourth-order valence-corrected chi connectivity index (χ4v) is 2.73. The van der Waals surface area contributed by atoms with Gasteiger partial charge in [-0.2, -0.15) is 0 Å². The smallest absolute Gasteiger partial charge is 0.279 e. The number of carbonyl (C=O) groups is 3. The third-order valence-electron chi connectivity index (χ3n) is 2.40. The van der Waals surface area contributed by atoms with E-state index in [1.807, 2.05) is 0 Å². The van der Waals surface area contributed by atoms with E-state index in [9.17, 15) is 14.4 Å². The topological polar surface area (TPSA) is 87.3 Å². The van der Waals surface area contributed by atoms with Crippen LogP contribution in [0, 0.1) is 5.92 Å². The first kappa shape index (κ1) is 16.6. The maximum absolute atomic E-state index is 11.9. The number of nitrogens with one attached hydrogen (secondary N) is 3. The van der Waals surface area contributed by atoms with Gasteiger partial charge in [0.2, 0.25) is 5.91 Å². The number of carbonyl (C=O) groups excluding carboxylic acids is 3. The number of hydrazine groups is 1. The Hall–Kier alpha value is -1.41. The molecule has 0 radical (unpaired) electrons. The lowest BCUT2D eigenvalue weighted by atomic mass is 10.0. The third kappa shape index (κ3) is 4.93. The number of hydrogen-bond acceptors (Lipinski definition) is 4. The molecule has 0 aliphatic heterocycles. The average Bonchev–Trinajstić information content (AvgIpc) is 2.78. The molecule has 3 amide bonds. The molecule has 6 nitrogen and oxygen atoms in total. The fourth-order valence-electron chi connectivity index (χ4n) is 1.45. The highest BCUT2D eigenvalue weighted by Gasteiger charge is 2.23. The zero-order chi connectivity index (χ0) is 15.3. The highest BCUT2D eigenvalue weighted by molar-refractivity contribution is 9.11. The molecule has 1 rings (SSSR count). The van der Waals surface area contributed by atoms with Crippen molar-refractivity contribution in [3.05, 3.63) is 20.8 Å². The molecule has 1 heterocycles. The lowest BCUT2D eigenvalue weighted by Gasteiger charge is -2.20. The molecule has 0 aromatic carbocycles. The Morgan fingerprint density at radius 2 is 1.85 bits per heavy atom. The Bertz CT molecular complexity index is 516. The van der Waals surface area contributed by atoms with Crippen LogP contribution in [-0.4, -0.2) is 23.8 Å². The molecule has 0 bridgehead atoms. The molecule has 0 saturated heterocycles. The highest BCUT2D eigenvalue weighted by atomic mass is 79.9. The molecule has 0 aliphatic carbocycles. The van der Waals surface area contributed by atoms with Crippen LogP contribution in [0.2, 0.25) is 0 Å². The van der Waals surface area contributed by atoms with E-state index in [1.54, 1.807) is 26.0 Å². The maximum Gasteiger partial charge on any atom is 0.279 e. The number of halogens is 1. The first-order chi connectivity index (χ1) is 9.31. The standard InChI is InChI=1S/C12H16BrN3O3S/c1-6(2)10(14-7(3)17)12(19)16-15-11(18)8-4-5-9(13)20-8/h4-6,10H,1-3H3,(H,14,17)(H,15,18)(H,16,19). The van der Waals surface area contributed by atoms with Gasteiger partial charge < -0.3 is 5.32 Å². The van der Waals surface area contributed by atoms with Gasteiger partial charge in [-0.1, -0.05) is 13.8 Å². The molecule has 3 N–H and O–H groups in total. The number of thiophene rings is 1. The van der Waals surface area contributed by atoms with Crippen LogP contribution in [0.1, 0.15) is 30.4 Å². The van der Waals surface area contributed by atoms with Gasteiger partial charge >= 0.3 is 0 Å². The lowest BCUT2D eigenvalue weighted by Crippen LogP contribution is -2.53. The van der Waals surface area contributed by atoms with Crippen molar-refractivity contribution in [3.63, 3.8) is 0 Å². The summed E-state index contributed by atoms with van der Waals surface area (Å²) >= 11 is 4.51. The first-order valence-corrected chi connectivity index (χ1v) is 7.55. The largest absolute Gasteiger partial charge is 0.344 e. The number of rotatable bonds is 4. The van der Waals surface area contributed by atoms with Gasteiger partial charge in [-0.25, -0.2) is 0 Å². The molecule has 1 atom stereocenters. The van der Waals surface area contributed by atoms with E-state index in [0.717, 1.165) is 3.79 Å². The van der Waals surface area contributed by atoms with E-state index in [1.165, 1.54) is 18.3 Å². The Balaban J connectivity index is 2.56. The zero-order valence-corrected chi connectivity index (χ0v) is 13.7. The van der Waals surface area contributed by atoms with Gasteiger partial charge in [-0.15, -0.1) is 11.3 Å². The first-order valence-electron chi connectivity index (χ1n) is 5.94. The van der Waals surface area contributed by atoms with Crippen LogP contribution in [0.5, 0.6) is 0 Å². The summed E-state index contributed by atoms with van der Waals surface area (Å²) in [4.78, 5) is 35.2. The van der Waals surface area contributed by atoms with E-state index in [2.05, 4.69) is 32.1 Å². The van der Waals surface area contributed by atoms with Crippen molar-refractivity contribution in [1.82, 2.24) is 16.2 Å². The van der Waals surface area contributed by atoms with Gasteiger partial charge in [0.05, 0.1) is 8.66 Å². The van der Waals surface area contributed by atoms with Crippen LogP contribution < -0.4 is 16.2 Å². The summed E-state index contributed by atoms with van der Waals surface area (Å²) in [6.45, 7) is 4.95. The summed E-state index contributed by atoms with van der Waals surface area (Å²) < 4.78 is 0.826. The van der Waals surface area contributed by atoms with E-state index in [4.69, 9.17) is 0 Å². The van der Waals surface area contributed by atoms with E-state index < -0.39 is 17.9 Å². The molecule has 1 unspecified atom stereocenters. The van der Waals surface area contributed by atoms with Crippen molar-refractivity contribution in [1.29, 1.82) is 0 Å². The molecule has 0 aliphatic rings. The van der Waals surface area contributed by atoms with Gasteiger partial charge in [0, 0.05) is 6.92 Å². The minimum Gasteiger partial charge on any atom is -0.344 e. The Morgan fingerprint density at radius 1 is 1.20 bits per heavy atom. The van der Waals surface area contributed by atoms with E-state index >= 15 is 0 Å². The minimum atomic E-state index is -0.692. The number of amides is 3. The normalized spacial score (nSPS) is 11.8. The molecule has 0 fully saturated rings. The van der Waals surface area contributed by atoms with Crippen LogP contribution in [0.25, 0.3) is 0 Å². The molecule has 0 spiro atoms. The van der Waals surface area contributed by atoms with Crippen molar-refractivity contribution in [3.8, 4) is 0 Å². The van der Waals surface area contributed by atoms with Crippen molar-refractivity contribution in [2.45, 2.75) is 26.8 Å². The van der Waals surface area contributed by atoms with Crippen LogP contribution in [0.3, 0.4) is 0 Å². The van der Waals surface area contributed by atoms with Gasteiger partial charge in [0.25, 0.3) is 11.8 Å². The van der Waals surface area contributed by atoms with E-state index in [-0.39, 0.29) is 11.8 Å². The third-order valence-corrected chi connectivity index (χ3v) is 4.03. The summed E-state index contributed by atoms with van der Waals surface area (Å²) in [7, 11) is 0. The predicted molar refractivity (Wildman–Crippen MR) is 80.1 cm³/mol. The van der Waals surface area contributed by atoms with E-state index in [0.29, 0.717) is 4.88 Å². The predicted octanol–water partition coefficient (Wildman–Crippen LogP) is 1.43. The second kappa shape index (κ2) is 7.39. The average molecular weight is 362 g/mol. The van der Waals surface area contributed by atoms with Crippen molar-refractivity contribution >= 4 is 45.0 Å². The monoisotopic (exact) mass is 361 g/mol.